The Bertz CT molecular complexity index is 1350. The molecule has 4 aromatic heterocycles. The predicted octanol–water partition coefficient (Wildman–Crippen LogP) is 5.00. The molecule has 0 aliphatic rings. The summed E-state index contributed by atoms with van der Waals surface area (Å²) >= 11 is 1.50. The minimum absolute atomic E-state index is 0.275. The van der Waals surface area contributed by atoms with Crippen molar-refractivity contribution >= 4 is 27.8 Å². The van der Waals surface area contributed by atoms with Gasteiger partial charge in [-0.1, -0.05) is 0 Å². The number of nitrogens with zero attached hydrogens (tertiary/aromatic N) is 3. The van der Waals surface area contributed by atoms with Gasteiger partial charge in [-0.3, -0.25) is 13.7 Å². The highest BCUT2D eigenvalue weighted by Gasteiger charge is 2.14. The molecule has 0 aliphatic heterocycles. The molecule has 5 rings (SSSR count). The van der Waals surface area contributed by atoms with Crippen LogP contribution < -0.4 is 0 Å². The molecule has 5 nitrogen and oxygen atoms in total. The predicted molar refractivity (Wildman–Crippen MR) is 114 cm³/mol. The van der Waals surface area contributed by atoms with E-state index >= 15 is 0 Å². The van der Waals surface area contributed by atoms with E-state index in [-0.39, 0.29) is 5.82 Å². The van der Waals surface area contributed by atoms with Gasteiger partial charge in [0, 0.05) is 29.1 Å². The van der Waals surface area contributed by atoms with Crippen LogP contribution in [0.1, 0.15) is 0 Å². The number of thiophene rings is 1. The van der Waals surface area contributed by atoms with Crippen LogP contribution in [0, 0.1) is 5.82 Å². The summed E-state index contributed by atoms with van der Waals surface area (Å²) in [5, 5.41) is 7.21. The van der Waals surface area contributed by atoms with E-state index in [1.165, 1.54) is 23.5 Å². The normalized spacial score (nSPS) is 12.5. The zero-order chi connectivity index (χ0) is 20.0. The van der Waals surface area contributed by atoms with Gasteiger partial charge in [0.2, 0.25) is 0 Å². The van der Waals surface area contributed by atoms with Crippen molar-refractivity contribution in [2.45, 2.75) is 4.21 Å². The van der Waals surface area contributed by atoms with Crippen LogP contribution in [0.15, 0.2) is 71.3 Å². The molecule has 1 N–H and O–H groups in total. The van der Waals surface area contributed by atoms with Crippen molar-refractivity contribution in [2.75, 3.05) is 6.26 Å². The molecule has 1 unspecified atom stereocenters. The van der Waals surface area contributed by atoms with Gasteiger partial charge in [-0.25, -0.2) is 9.37 Å². The number of nitrogens with one attached hydrogen (secondary N) is 1. The van der Waals surface area contributed by atoms with Crippen molar-refractivity contribution in [3.63, 3.8) is 0 Å². The van der Waals surface area contributed by atoms with Crippen LogP contribution in [0.3, 0.4) is 0 Å². The third-order valence-electron chi connectivity index (χ3n) is 4.71. The lowest BCUT2D eigenvalue weighted by Gasteiger charge is -2.06. The Labute approximate surface area is 172 Å². The molecule has 0 saturated carbocycles. The number of rotatable bonds is 4. The number of imidazole rings is 1. The minimum Gasteiger partial charge on any atom is -0.298 e. The van der Waals surface area contributed by atoms with E-state index in [0.29, 0.717) is 0 Å². The number of pyridine rings is 1. The summed E-state index contributed by atoms with van der Waals surface area (Å²) in [7, 11) is -1.01. The molecule has 0 saturated heterocycles. The van der Waals surface area contributed by atoms with Crippen LogP contribution >= 0.6 is 11.3 Å². The van der Waals surface area contributed by atoms with Gasteiger partial charge < -0.3 is 0 Å². The highest BCUT2D eigenvalue weighted by molar-refractivity contribution is 7.86. The molecule has 0 radical (unpaired) electrons. The van der Waals surface area contributed by atoms with Gasteiger partial charge >= 0.3 is 0 Å². The molecule has 0 fully saturated rings. The highest BCUT2D eigenvalue weighted by Crippen LogP contribution is 2.33. The fraction of sp³-hybridized carbons (Fsp3) is 0.0476. The second-order valence-electron chi connectivity index (χ2n) is 6.53. The Balaban J connectivity index is 1.62. The van der Waals surface area contributed by atoms with E-state index in [1.807, 2.05) is 41.1 Å². The number of aromatic amines is 1. The Hall–Kier alpha value is -3.10. The Morgan fingerprint density at radius 3 is 2.59 bits per heavy atom. The number of hydrogen-bond donors (Lipinski definition) is 1. The number of H-pyrrole nitrogens is 1. The topological polar surface area (TPSA) is 63.0 Å². The molecule has 0 bridgehead atoms. The summed E-state index contributed by atoms with van der Waals surface area (Å²) in [5.74, 6) is -0.275. The van der Waals surface area contributed by atoms with Gasteiger partial charge in [0.15, 0.2) is 0 Å². The summed E-state index contributed by atoms with van der Waals surface area (Å²) in [6, 6.07) is 14.1. The molecule has 29 heavy (non-hydrogen) atoms. The Morgan fingerprint density at radius 1 is 1.03 bits per heavy atom. The maximum Gasteiger partial charge on any atom is 0.137 e. The largest absolute Gasteiger partial charge is 0.298 e. The minimum atomic E-state index is -1.01. The molecule has 5 aromatic rings. The fourth-order valence-corrected chi connectivity index (χ4v) is 5.02. The number of aromatic nitrogens is 4. The van der Waals surface area contributed by atoms with E-state index in [0.717, 1.165) is 42.8 Å². The van der Waals surface area contributed by atoms with Gasteiger partial charge in [0.1, 0.15) is 11.5 Å². The van der Waals surface area contributed by atoms with Crippen molar-refractivity contribution in [2.24, 2.45) is 0 Å². The summed E-state index contributed by atoms with van der Waals surface area (Å²) in [6.07, 6.45) is 7.28. The van der Waals surface area contributed by atoms with E-state index in [2.05, 4.69) is 15.2 Å². The van der Waals surface area contributed by atoms with Gasteiger partial charge in [0.25, 0.3) is 0 Å². The molecule has 4 heterocycles. The van der Waals surface area contributed by atoms with E-state index < -0.39 is 10.8 Å². The monoisotopic (exact) mass is 422 g/mol. The Morgan fingerprint density at radius 2 is 1.83 bits per heavy atom. The molecule has 144 valence electrons. The van der Waals surface area contributed by atoms with Crippen LogP contribution in [0.2, 0.25) is 0 Å². The molecule has 0 amide bonds. The van der Waals surface area contributed by atoms with Crippen molar-refractivity contribution in [1.82, 2.24) is 19.6 Å². The van der Waals surface area contributed by atoms with Gasteiger partial charge in [-0.2, -0.15) is 5.10 Å². The van der Waals surface area contributed by atoms with Crippen molar-refractivity contribution in [3.05, 3.63) is 72.9 Å². The second-order valence-corrected chi connectivity index (χ2v) is 9.22. The molecule has 1 atom stereocenters. The van der Waals surface area contributed by atoms with E-state index in [1.54, 1.807) is 24.6 Å². The quantitative estimate of drug-likeness (QED) is 0.443. The van der Waals surface area contributed by atoms with E-state index in [9.17, 15) is 8.60 Å². The van der Waals surface area contributed by atoms with Gasteiger partial charge in [-0.05, 0) is 48.5 Å². The maximum absolute atomic E-state index is 13.3. The molecule has 8 heteroatoms. The smallest absolute Gasteiger partial charge is 0.137 e. The summed E-state index contributed by atoms with van der Waals surface area (Å²) < 4.78 is 27.9. The van der Waals surface area contributed by atoms with Crippen LogP contribution in [-0.4, -0.2) is 30.0 Å². The lowest BCUT2D eigenvalue weighted by Crippen LogP contribution is -1.90. The lowest BCUT2D eigenvalue weighted by molar-refractivity contribution is 0.628. The summed E-state index contributed by atoms with van der Waals surface area (Å²) in [6.45, 7) is 0. The number of fused-ring (bicyclic) bond motifs is 1. The summed E-state index contributed by atoms with van der Waals surface area (Å²) in [5.41, 5.74) is 5.32. The molecule has 0 spiro atoms. The molecule has 1 aromatic carbocycles. The van der Waals surface area contributed by atoms with Crippen molar-refractivity contribution in [3.8, 4) is 33.0 Å². The van der Waals surface area contributed by atoms with Crippen LogP contribution in [0.4, 0.5) is 4.39 Å². The third kappa shape index (κ3) is 3.20. The van der Waals surface area contributed by atoms with Crippen molar-refractivity contribution in [1.29, 1.82) is 0 Å². The van der Waals surface area contributed by atoms with Crippen LogP contribution in [0.25, 0.3) is 38.6 Å². The zero-order valence-corrected chi connectivity index (χ0v) is 16.9. The SMILES string of the molecule is CS(=O)c1ccc(-c2cnc3ccc(-c4cn[nH]c4-c4ccc(F)cc4)cn23)s1. The number of halogens is 1. The lowest BCUT2D eigenvalue weighted by atomic mass is 10.0. The number of hydrogen-bond acceptors (Lipinski definition) is 4. The number of benzene rings is 1. The summed E-state index contributed by atoms with van der Waals surface area (Å²) in [4.78, 5) is 5.50. The van der Waals surface area contributed by atoms with Crippen LogP contribution in [-0.2, 0) is 10.8 Å². The third-order valence-corrected chi connectivity index (χ3v) is 7.27. The first-order valence-electron chi connectivity index (χ1n) is 8.80. The average molecular weight is 423 g/mol. The maximum atomic E-state index is 13.3. The molecule has 0 aliphatic carbocycles. The fourth-order valence-electron chi connectivity index (χ4n) is 3.28. The van der Waals surface area contributed by atoms with Crippen LogP contribution in [0.5, 0.6) is 0 Å². The van der Waals surface area contributed by atoms with Gasteiger partial charge in [-0.15, -0.1) is 11.3 Å². The van der Waals surface area contributed by atoms with Crippen molar-refractivity contribution < 1.29 is 8.60 Å². The first-order chi connectivity index (χ1) is 14.1. The zero-order valence-electron chi connectivity index (χ0n) is 15.3. The highest BCUT2D eigenvalue weighted by atomic mass is 32.2. The van der Waals surface area contributed by atoms with Gasteiger partial charge in [0.05, 0.1) is 43.7 Å². The first kappa shape index (κ1) is 18.0. The second kappa shape index (κ2) is 7.06. The van der Waals surface area contributed by atoms with E-state index in [4.69, 9.17) is 0 Å². The average Bonchev–Trinajstić information content (AvgIpc) is 3.46. The Kier molecular flexibility index (Phi) is 4.37. The molecular formula is C21H15FN4OS2. The first-order valence-corrected chi connectivity index (χ1v) is 11.2. The molecular weight excluding hydrogens is 407 g/mol. The standard InChI is InChI=1S/C21H15FN4OS2/c1-29(27)20-9-7-18(28-20)17-11-23-19-8-4-14(12-26(17)19)16-10-24-25-21(16)13-2-5-15(22)6-3-13/h2-12H,1H3,(H,24,25).